The molecule has 1 aromatic carbocycles. The Labute approximate surface area is 236 Å². The number of nitrogens with zero attached hydrogens (tertiary/aromatic N) is 2. The number of amides is 2. The van der Waals surface area contributed by atoms with Crippen molar-refractivity contribution in [3.8, 4) is 0 Å². The molecule has 0 radical (unpaired) electrons. The van der Waals surface area contributed by atoms with E-state index >= 15 is 0 Å². The van der Waals surface area contributed by atoms with Crippen LogP contribution in [0.1, 0.15) is 51.5 Å². The highest BCUT2D eigenvalue weighted by molar-refractivity contribution is 7.92. The van der Waals surface area contributed by atoms with E-state index in [1.807, 2.05) is 44.2 Å². The van der Waals surface area contributed by atoms with Gasteiger partial charge in [-0.05, 0) is 37.2 Å². The molecule has 0 spiro atoms. The van der Waals surface area contributed by atoms with Gasteiger partial charge in [0.05, 0.1) is 18.2 Å². The Kier molecular flexibility index (Phi) is 11.4. The van der Waals surface area contributed by atoms with Crippen LogP contribution >= 0.6 is 0 Å². The summed E-state index contributed by atoms with van der Waals surface area (Å²) in [5.41, 5.74) is 5.35. The Morgan fingerprint density at radius 2 is 2.00 bits per heavy atom. The molecular weight excluding hydrogens is 534 g/mol. The lowest BCUT2D eigenvalue weighted by Crippen LogP contribution is -2.57. The summed E-state index contributed by atoms with van der Waals surface area (Å²) < 4.78 is 33.3. The van der Waals surface area contributed by atoms with Crippen LogP contribution in [0.2, 0.25) is 0 Å². The summed E-state index contributed by atoms with van der Waals surface area (Å²) in [6.07, 6.45) is 11.0. The molecule has 4 N–H and O–H groups in total. The molecule has 12 heteroatoms. The van der Waals surface area contributed by atoms with Gasteiger partial charge in [0.25, 0.3) is 0 Å². The Balaban J connectivity index is 2.16. The largest absolute Gasteiger partial charge is 0.350 e. The first kappa shape index (κ1) is 31.5. The van der Waals surface area contributed by atoms with Crippen LogP contribution in [0.4, 0.5) is 0 Å². The number of nitrogens with one attached hydrogen (secondary N) is 2. The predicted octanol–water partition coefficient (Wildman–Crippen LogP) is 2.61. The van der Waals surface area contributed by atoms with Crippen molar-refractivity contribution in [2.45, 2.75) is 63.5 Å². The smallest absolute Gasteiger partial charge is 0.249 e. The van der Waals surface area contributed by atoms with Gasteiger partial charge in [0.15, 0.2) is 16.1 Å². The maximum atomic E-state index is 14.1. The number of nitrogens with two attached hydrogens (primary N) is 1. The van der Waals surface area contributed by atoms with Gasteiger partial charge in [-0.1, -0.05) is 56.3 Å². The van der Waals surface area contributed by atoms with E-state index in [-0.39, 0.29) is 25.3 Å². The number of hydrogen-bond donors (Lipinski definition) is 3. The molecule has 1 aliphatic heterocycles. The molecular formula is C28H41N5O6S. The summed E-state index contributed by atoms with van der Waals surface area (Å²) in [5.74, 6) is 1.69. The van der Waals surface area contributed by atoms with Crippen LogP contribution in [0.15, 0.2) is 55.1 Å². The fourth-order valence-corrected chi connectivity index (χ4v) is 6.66. The number of aromatic nitrogens is 2. The van der Waals surface area contributed by atoms with Gasteiger partial charge in [-0.15, -0.1) is 0 Å². The topological polar surface area (TPSA) is 155 Å². The molecule has 4 atom stereocenters. The third-order valence-electron chi connectivity index (χ3n) is 7.21. The highest BCUT2D eigenvalue weighted by Crippen LogP contribution is 2.41. The second kappa shape index (κ2) is 14.5. The third kappa shape index (κ3) is 8.23. The van der Waals surface area contributed by atoms with Crippen LogP contribution in [-0.4, -0.2) is 53.7 Å². The molecule has 1 aliphatic rings. The van der Waals surface area contributed by atoms with Crippen molar-refractivity contribution in [1.82, 2.24) is 20.5 Å². The number of hydrogen-bond acceptors (Lipinski definition) is 8. The van der Waals surface area contributed by atoms with Crippen LogP contribution in [-0.2, 0) is 35.5 Å². The second-order valence-electron chi connectivity index (χ2n) is 10.6. The summed E-state index contributed by atoms with van der Waals surface area (Å²) in [6, 6.07) is 9.18. The van der Waals surface area contributed by atoms with Crippen LogP contribution in [0.3, 0.4) is 0 Å². The lowest BCUT2D eigenvalue weighted by atomic mass is 9.74. The van der Waals surface area contributed by atoms with Gasteiger partial charge in [-0.3, -0.25) is 15.0 Å². The van der Waals surface area contributed by atoms with E-state index in [1.165, 1.54) is 6.08 Å². The highest BCUT2D eigenvalue weighted by atomic mass is 32.2. The first-order valence-corrected chi connectivity index (χ1v) is 15.4. The molecule has 1 aromatic heterocycles. The van der Waals surface area contributed by atoms with Gasteiger partial charge >= 0.3 is 0 Å². The summed E-state index contributed by atoms with van der Waals surface area (Å²) in [5, 5.41) is 0. The number of aryl methyl sites for hydroxylation is 1. The van der Waals surface area contributed by atoms with Gasteiger partial charge in [-0.2, -0.15) is 0 Å². The molecule has 2 aromatic rings. The van der Waals surface area contributed by atoms with Crippen LogP contribution in [0.5, 0.6) is 0 Å². The summed E-state index contributed by atoms with van der Waals surface area (Å²) in [6.45, 7) is 4.51. The first-order valence-electron chi connectivity index (χ1n) is 13.5. The van der Waals surface area contributed by atoms with E-state index in [2.05, 4.69) is 15.9 Å². The fourth-order valence-electron chi connectivity index (χ4n) is 5.15. The molecule has 40 heavy (non-hydrogen) atoms. The van der Waals surface area contributed by atoms with E-state index in [9.17, 15) is 18.0 Å². The van der Waals surface area contributed by atoms with Crippen LogP contribution in [0.25, 0.3) is 6.08 Å². The molecule has 0 aliphatic carbocycles. The number of imidazole rings is 1. The average molecular weight is 576 g/mol. The number of ether oxygens (including phenoxy) is 1. The molecule has 3 rings (SSSR count). The number of carbonyl (C=O) groups excluding carboxylic acids is 2. The average Bonchev–Trinajstić information content (AvgIpc) is 3.46. The van der Waals surface area contributed by atoms with E-state index in [1.54, 1.807) is 29.4 Å². The minimum atomic E-state index is -4.05. The Morgan fingerprint density at radius 1 is 1.25 bits per heavy atom. The van der Waals surface area contributed by atoms with Gasteiger partial charge in [-0.25, -0.2) is 29.6 Å². The minimum Gasteiger partial charge on any atom is -0.350 e. The van der Waals surface area contributed by atoms with Crippen molar-refractivity contribution in [2.75, 3.05) is 12.9 Å². The van der Waals surface area contributed by atoms with Crippen LogP contribution < -0.4 is 16.7 Å². The van der Waals surface area contributed by atoms with E-state index < -0.39 is 44.5 Å². The number of hydroxylamine groups is 1. The maximum absolute atomic E-state index is 14.1. The van der Waals surface area contributed by atoms with Crippen molar-refractivity contribution in [3.63, 3.8) is 0 Å². The first-order chi connectivity index (χ1) is 19.1. The lowest BCUT2D eigenvalue weighted by molar-refractivity contribution is -0.203. The molecule has 0 bridgehead atoms. The van der Waals surface area contributed by atoms with Crippen molar-refractivity contribution < 1.29 is 27.6 Å². The quantitative estimate of drug-likeness (QED) is 0.176. The van der Waals surface area contributed by atoms with Gasteiger partial charge in [0.1, 0.15) is 4.75 Å². The van der Waals surface area contributed by atoms with Crippen molar-refractivity contribution in [1.29, 1.82) is 0 Å². The summed E-state index contributed by atoms with van der Waals surface area (Å²) in [7, 11) is -4.05. The number of carbonyl (C=O) groups is 2. The number of benzene rings is 1. The zero-order valence-electron chi connectivity index (χ0n) is 23.4. The zero-order valence-corrected chi connectivity index (χ0v) is 24.2. The maximum Gasteiger partial charge on any atom is 0.249 e. The summed E-state index contributed by atoms with van der Waals surface area (Å²) in [4.78, 5) is 37.0. The van der Waals surface area contributed by atoms with Crippen LogP contribution in [0, 0.1) is 17.8 Å². The SMILES string of the molecule is CC(C)C[C@@H](C(=O)NN)[C@@H](C(=O)NOC1CCCCO1)C(/C=C/c1ccccc1)(CCn1ccnc1)S(C)(=O)=O. The molecule has 2 amide bonds. The second-order valence-corrected chi connectivity index (χ2v) is 12.9. The summed E-state index contributed by atoms with van der Waals surface area (Å²) >= 11 is 0. The van der Waals surface area contributed by atoms with E-state index in [0.717, 1.165) is 24.7 Å². The Hall–Kier alpha value is -3.06. The van der Waals surface area contributed by atoms with Gasteiger partial charge < -0.3 is 9.30 Å². The standard InChI is InChI=1S/C28H41N5O6S/c1-21(2)19-23(26(34)31-29)25(27(35)32-39-24-11-7-8-18-38-24)28(40(3,36)37,14-16-33-17-15-30-20-33)13-12-22-9-5-4-6-10-22/h4-6,9-10,12-13,15,17,20-21,23-25H,7-8,11,14,16,18-19,29H2,1-3H3,(H,31,34)(H,32,35)/b13-12+/t23-,24?,25+,28?/m1/s1. The normalized spacial score (nSPS) is 19.2. The number of sulfone groups is 1. The Bertz CT molecular complexity index is 1210. The lowest BCUT2D eigenvalue weighted by Gasteiger charge is -2.40. The predicted molar refractivity (Wildman–Crippen MR) is 151 cm³/mol. The molecule has 1 fully saturated rings. The van der Waals surface area contributed by atoms with Crippen molar-refractivity contribution in [2.24, 2.45) is 23.6 Å². The third-order valence-corrected chi connectivity index (χ3v) is 9.19. The highest BCUT2D eigenvalue weighted by Gasteiger charge is 2.54. The molecule has 11 nitrogen and oxygen atoms in total. The molecule has 2 heterocycles. The van der Waals surface area contributed by atoms with Crippen molar-refractivity contribution >= 4 is 27.7 Å². The van der Waals surface area contributed by atoms with E-state index in [4.69, 9.17) is 15.4 Å². The fraction of sp³-hybridized carbons (Fsp3) is 0.536. The van der Waals surface area contributed by atoms with Crippen molar-refractivity contribution in [3.05, 3.63) is 60.7 Å². The zero-order chi connectivity index (χ0) is 29.2. The molecule has 220 valence electrons. The van der Waals surface area contributed by atoms with E-state index in [0.29, 0.717) is 13.0 Å². The molecule has 0 saturated carbocycles. The Morgan fingerprint density at radius 3 is 2.58 bits per heavy atom. The minimum absolute atomic E-state index is 0.0179. The number of hydrazine groups is 1. The molecule has 2 unspecified atom stereocenters. The van der Waals surface area contributed by atoms with Gasteiger partial charge in [0.2, 0.25) is 11.8 Å². The molecule has 1 saturated heterocycles. The van der Waals surface area contributed by atoms with Gasteiger partial charge in [0, 0.05) is 38.2 Å². The number of rotatable bonds is 14. The monoisotopic (exact) mass is 575 g/mol.